The minimum atomic E-state index is -0.258. The van der Waals surface area contributed by atoms with Crippen LogP contribution in [0.15, 0.2) is 52.9 Å². The van der Waals surface area contributed by atoms with Gasteiger partial charge in [-0.15, -0.1) is 10.2 Å². The Morgan fingerprint density at radius 3 is 2.87 bits per heavy atom. The number of nitrogens with one attached hydrogen (secondary N) is 1. The van der Waals surface area contributed by atoms with Crippen LogP contribution in [-0.2, 0) is 24.1 Å². The molecule has 1 N–H and O–H groups in total. The van der Waals surface area contributed by atoms with Crippen molar-refractivity contribution in [1.82, 2.24) is 10.2 Å². The number of anilines is 1. The van der Waals surface area contributed by atoms with Crippen molar-refractivity contribution in [3.63, 3.8) is 0 Å². The molecule has 5 rings (SSSR count). The molecule has 1 aliphatic rings. The van der Waals surface area contributed by atoms with Gasteiger partial charge in [0.05, 0.1) is 0 Å². The van der Waals surface area contributed by atoms with Crippen molar-refractivity contribution in [3.05, 3.63) is 70.4 Å². The van der Waals surface area contributed by atoms with E-state index in [9.17, 15) is 4.79 Å². The van der Waals surface area contributed by atoms with Gasteiger partial charge in [0, 0.05) is 23.8 Å². The van der Waals surface area contributed by atoms with Gasteiger partial charge in [0.25, 0.3) is 5.91 Å². The van der Waals surface area contributed by atoms with Gasteiger partial charge >= 0.3 is 0 Å². The van der Waals surface area contributed by atoms with Crippen LogP contribution in [0.3, 0.4) is 0 Å². The summed E-state index contributed by atoms with van der Waals surface area (Å²) in [5.41, 5.74) is 3.33. The van der Waals surface area contributed by atoms with E-state index in [1.54, 1.807) is 0 Å². The zero-order valence-corrected chi connectivity index (χ0v) is 17.2. The van der Waals surface area contributed by atoms with Crippen molar-refractivity contribution < 1.29 is 13.9 Å². The summed E-state index contributed by atoms with van der Waals surface area (Å²) in [6, 6.07) is 15.8. The topological polar surface area (TPSA) is 77.2 Å². The van der Waals surface area contributed by atoms with E-state index >= 15 is 0 Å². The summed E-state index contributed by atoms with van der Waals surface area (Å²) >= 11 is 1.37. The minimum absolute atomic E-state index is 0.0842. The number of furan rings is 1. The zero-order valence-electron chi connectivity index (χ0n) is 16.4. The van der Waals surface area contributed by atoms with E-state index in [1.807, 2.05) is 48.5 Å². The third-order valence-electron chi connectivity index (χ3n) is 5.21. The molecule has 7 heteroatoms. The van der Waals surface area contributed by atoms with Crippen LogP contribution in [0.1, 0.15) is 34.7 Å². The van der Waals surface area contributed by atoms with E-state index in [2.05, 4.69) is 15.5 Å². The molecular weight excluding hydrogens is 398 g/mol. The molecule has 0 fully saturated rings. The molecule has 30 heavy (non-hydrogen) atoms. The smallest absolute Gasteiger partial charge is 0.264 e. The van der Waals surface area contributed by atoms with Gasteiger partial charge in [0.2, 0.25) is 5.13 Å². The van der Waals surface area contributed by atoms with Gasteiger partial charge in [0.1, 0.15) is 22.1 Å². The predicted molar refractivity (Wildman–Crippen MR) is 116 cm³/mol. The molecule has 0 aliphatic heterocycles. The van der Waals surface area contributed by atoms with Crippen molar-refractivity contribution >= 4 is 33.3 Å². The van der Waals surface area contributed by atoms with Crippen LogP contribution in [0, 0.1) is 0 Å². The number of nitrogens with zero attached hydrogens (tertiary/aromatic N) is 2. The molecule has 0 saturated carbocycles. The monoisotopic (exact) mass is 419 g/mol. The summed E-state index contributed by atoms with van der Waals surface area (Å²) in [5, 5.41) is 13.4. The third kappa shape index (κ3) is 4.07. The van der Waals surface area contributed by atoms with Crippen LogP contribution in [-0.4, -0.2) is 22.7 Å². The quantitative estimate of drug-likeness (QED) is 0.487. The number of amides is 1. The number of hydrogen-bond acceptors (Lipinski definition) is 6. The van der Waals surface area contributed by atoms with Gasteiger partial charge in [-0.2, -0.15) is 0 Å². The maximum absolute atomic E-state index is 12.3. The molecule has 0 radical (unpaired) electrons. The molecule has 2 aromatic heterocycles. The Hall–Kier alpha value is -3.19. The number of carbonyl (C=O) groups is 1. The Labute approximate surface area is 177 Å². The number of aryl methyl sites for hydroxylation is 2. The number of rotatable bonds is 6. The third-order valence-corrected chi connectivity index (χ3v) is 6.05. The molecule has 1 amide bonds. The molecule has 0 bridgehead atoms. The van der Waals surface area contributed by atoms with E-state index in [4.69, 9.17) is 9.15 Å². The van der Waals surface area contributed by atoms with Crippen molar-refractivity contribution in [2.24, 2.45) is 0 Å². The normalized spacial score (nSPS) is 13.2. The van der Waals surface area contributed by atoms with E-state index in [0.29, 0.717) is 17.3 Å². The minimum Gasteiger partial charge on any atom is -0.484 e. The first-order valence-corrected chi connectivity index (χ1v) is 10.9. The average molecular weight is 420 g/mol. The summed E-state index contributed by atoms with van der Waals surface area (Å²) in [4.78, 5) is 12.3. The maximum Gasteiger partial charge on any atom is 0.264 e. The molecule has 2 heterocycles. The van der Waals surface area contributed by atoms with E-state index in [1.165, 1.54) is 29.7 Å². The molecule has 0 atom stereocenters. The first kappa shape index (κ1) is 18.8. The van der Waals surface area contributed by atoms with Crippen molar-refractivity contribution in [1.29, 1.82) is 0 Å². The standard InChI is InChI=1S/C23H21N3O3S/c27-21(24-23-26-25-22(30-23)12-15-6-2-1-3-7-15)14-28-16-10-11-20-18(13-16)17-8-4-5-9-19(17)29-20/h1-3,6-7,10-11,13H,4-5,8-9,12,14H2,(H,24,26,27). The number of hydrogen-bond donors (Lipinski definition) is 1. The molecule has 0 saturated heterocycles. The summed E-state index contributed by atoms with van der Waals surface area (Å²) in [6.07, 6.45) is 5.09. The van der Waals surface area contributed by atoms with Crippen LogP contribution in [0.5, 0.6) is 5.75 Å². The number of ether oxygens (including phenoxy) is 1. The van der Waals surface area contributed by atoms with Gasteiger partial charge in [-0.3, -0.25) is 10.1 Å². The van der Waals surface area contributed by atoms with Crippen LogP contribution in [0.4, 0.5) is 5.13 Å². The Morgan fingerprint density at radius 1 is 1.10 bits per heavy atom. The van der Waals surface area contributed by atoms with Crippen molar-refractivity contribution in [2.75, 3.05) is 11.9 Å². The Balaban J connectivity index is 1.19. The summed E-state index contributed by atoms with van der Waals surface area (Å²) in [6.45, 7) is -0.0842. The second-order valence-electron chi connectivity index (χ2n) is 7.37. The fraction of sp³-hybridized carbons (Fsp3) is 0.261. The fourth-order valence-electron chi connectivity index (χ4n) is 3.78. The highest BCUT2D eigenvalue weighted by Gasteiger charge is 2.18. The second-order valence-corrected chi connectivity index (χ2v) is 8.43. The highest BCUT2D eigenvalue weighted by Crippen LogP contribution is 2.34. The van der Waals surface area contributed by atoms with Crippen LogP contribution in [0.2, 0.25) is 0 Å². The molecule has 4 aromatic rings. The van der Waals surface area contributed by atoms with E-state index in [-0.39, 0.29) is 12.5 Å². The number of fused-ring (bicyclic) bond motifs is 3. The summed E-state index contributed by atoms with van der Waals surface area (Å²) in [5.74, 6) is 1.49. The lowest BCUT2D eigenvalue weighted by Gasteiger charge is -2.09. The molecule has 1 aliphatic carbocycles. The van der Waals surface area contributed by atoms with E-state index < -0.39 is 0 Å². The van der Waals surface area contributed by atoms with Gasteiger partial charge < -0.3 is 9.15 Å². The molecular formula is C23H21N3O3S. The van der Waals surface area contributed by atoms with E-state index in [0.717, 1.165) is 40.1 Å². The average Bonchev–Trinajstić information content (AvgIpc) is 3.36. The highest BCUT2D eigenvalue weighted by atomic mass is 32.1. The van der Waals surface area contributed by atoms with Crippen LogP contribution in [0.25, 0.3) is 11.0 Å². The largest absolute Gasteiger partial charge is 0.484 e. The predicted octanol–water partition coefficient (Wildman–Crippen LogP) is 4.77. The number of benzene rings is 2. The lowest BCUT2D eigenvalue weighted by atomic mass is 9.96. The highest BCUT2D eigenvalue weighted by molar-refractivity contribution is 7.15. The zero-order chi connectivity index (χ0) is 20.3. The van der Waals surface area contributed by atoms with Gasteiger partial charge in [-0.05, 0) is 43.0 Å². The lowest BCUT2D eigenvalue weighted by Crippen LogP contribution is -2.20. The number of aromatic nitrogens is 2. The molecule has 0 unspecified atom stereocenters. The van der Waals surface area contributed by atoms with Crippen LogP contribution >= 0.6 is 11.3 Å². The van der Waals surface area contributed by atoms with Crippen molar-refractivity contribution in [3.8, 4) is 5.75 Å². The van der Waals surface area contributed by atoms with Gasteiger partial charge in [0.15, 0.2) is 6.61 Å². The molecule has 2 aromatic carbocycles. The van der Waals surface area contributed by atoms with Crippen LogP contribution < -0.4 is 10.1 Å². The fourth-order valence-corrected chi connectivity index (χ4v) is 4.57. The molecule has 0 spiro atoms. The SMILES string of the molecule is O=C(COc1ccc2oc3c(c2c1)CCCC3)Nc1nnc(Cc2ccccc2)s1. The first-order valence-electron chi connectivity index (χ1n) is 10.1. The van der Waals surface area contributed by atoms with Gasteiger partial charge in [-0.1, -0.05) is 41.7 Å². The first-order chi connectivity index (χ1) is 14.7. The second kappa shape index (κ2) is 8.28. The Bertz CT molecular complexity index is 1180. The molecule has 152 valence electrons. The number of carbonyl (C=O) groups excluding carboxylic acids is 1. The van der Waals surface area contributed by atoms with Gasteiger partial charge in [-0.25, -0.2) is 0 Å². The Morgan fingerprint density at radius 2 is 1.97 bits per heavy atom. The lowest BCUT2D eigenvalue weighted by molar-refractivity contribution is -0.118. The molecule has 6 nitrogen and oxygen atoms in total. The summed E-state index contributed by atoms with van der Waals surface area (Å²) in [7, 11) is 0. The summed E-state index contributed by atoms with van der Waals surface area (Å²) < 4.78 is 11.7. The van der Waals surface area contributed by atoms with Crippen molar-refractivity contribution in [2.45, 2.75) is 32.1 Å². The maximum atomic E-state index is 12.3. The Kier molecular flexibility index (Phi) is 5.19.